The van der Waals surface area contributed by atoms with Gasteiger partial charge in [-0.2, -0.15) is 0 Å². The van der Waals surface area contributed by atoms with Gasteiger partial charge in [0.25, 0.3) is 0 Å². The minimum atomic E-state index is -0.540. The van der Waals surface area contributed by atoms with E-state index in [1.165, 1.54) is 7.11 Å². The molecular weight excluding hydrogens is 212 g/mol. The molecule has 2 nitrogen and oxygen atoms in total. The van der Waals surface area contributed by atoms with Gasteiger partial charge in [-0.25, -0.2) is 0 Å². The lowest BCUT2D eigenvalue weighted by Gasteiger charge is -2.58. The summed E-state index contributed by atoms with van der Waals surface area (Å²) in [5.74, 6) is -0.106. The van der Waals surface area contributed by atoms with Gasteiger partial charge in [0.15, 0.2) is 0 Å². The van der Waals surface area contributed by atoms with Crippen LogP contribution in [0.5, 0.6) is 0 Å². The fourth-order valence-electron chi connectivity index (χ4n) is 4.45. The Kier molecular flexibility index (Phi) is 4.16. The van der Waals surface area contributed by atoms with Crippen molar-refractivity contribution in [2.75, 3.05) is 7.11 Å². The van der Waals surface area contributed by atoms with Gasteiger partial charge in [-0.3, -0.25) is 4.79 Å². The highest BCUT2D eigenvalue weighted by Gasteiger charge is 2.63. The summed E-state index contributed by atoms with van der Waals surface area (Å²) in [6.45, 7) is 19.1. The molecule has 0 N–H and O–H groups in total. The van der Waals surface area contributed by atoms with E-state index >= 15 is 0 Å². The molecule has 0 fully saturated rings. The topological polar surface area (TPSA) is 26.3 Å². The second kappa shape index (κ2) is 4.29. The van der Waals surface area contributed by atoms with Crippen LogP contribution in [0.4, 0.5) is 0 Å². The van der Waals surface area contributed by atoms with E-state index in [0.29, 0.717) is 0 Å². The van der Waals surface area contributed by atoms with Gasteiger partial charge in [0.05, 0.1) is 12.5 Å². The largest absolute Gasteiger partial charge is 0.469 e. The highest BCUT2D eigenvalue weighted by molar-refractivity contribution is 5.79. The van der Waals surface area contributed by atoms with Crippen molar-refractivity contribution in [3.63, 3.8) is 0 Å². The predicted octanol–water partition coefficient (Wildman–Crippen LogP) is 4.28. The highest BCUT2D eigenvalue weighted by Crippen LogP contribution is 2.61. The molecule has 0 saturated carbocycles. The average Bonchev–Trinajstić information content (AvgIpc) is 1.95. The number of esters is 1. The maximum absolute atomic E-state index is 12.6. The summed E-state index contributed by atoms with van der Waals surface area (Å²) in [4.78, 5) is 12.6. The highest BCUT2D eigenvalue weighted by atomic mass is 16.5. The lowest BCUT2D eigenvalue weighted by Crippen LogP contribution is -2.60. The maximum Gasteiger partial charge on any atom is 0.313 e. The van der Waals surface area contributed by atoms with Crippen LogP contribution in [-0.4, -0.2) is 13.1 Å². The van der Waals surface area contributed by atoms with Crippen LogP contribution in [0.2, 0.25) is 0 Å². The molecule has 0 saturated heterocycles. The van der Waals surface area contributed by atoms with Crippen LogP contribution in [0, 0.1) is 21.7 Å². The number of ether oxygens (including phenoxy) is 1. The molecule has 2 heteroatoms. The molecule has 0 aliphatic carbocycles. The molecule has 0 rings (SSSR count). The monoisotopic (exact) mass is 242 g/mol. The van der Waals surface area contributed by atoms with Gasteiger partial charge in [-0.05, 0) is 16.2 Å². The van der Waals surface area contributed by atoms with Gasteiger partial charge in [-0.1, -0.05) is 62.3 Å². The fraction of sp³-hybridized carbons (Fsp3) is 0.933. The number of hydrogen-bond donors (Lipinski definition) is 0. The lowest BCUT2D eigenvalue weighted by molar-refractivity contribution is -0.192. The number of carbonyl (C=O) groups excluding carboxylic acids is 1. The number of carbonyl (C=O) groups is 1. The van der Waals surface area contributed by atoms with Crippen molar-refractivity contribution in [3.05, 3.63) is 0 Å². The molecule has 0 unspecified atom stereocenters. The molecule has 0 aromatic carbocycles. The molecule has 0 aromatic rings. The van der Waals surface area contributed by atoms with Gasteiger partial charge in [-0.15, -0.1) is 0 Å². The Morgan fingerprint density at radius 2 is 0.941 bits per heavy atom. The molecule has 0 bridgehead atoms. The van der Waals surface area contributed by atoms with E-state index in [2.05, 4.69) is 62.3 Å². The number of methoxy groups -OCH3 is 1. The maximum atomic E-state index is 12.6. The molecule has 0 atom stereocenters. The van der Waals surface area contributed by atoms with E-state index < -0.39 is 5.41 Å². The van der Waals surface area contributed by atoms with Crippen molar-refractivity contribution in [1.29, 1.82) is 0 Å². The molecule has 102 valence electrons. The molecular formula is C15H30O2. The molecule has 0 aromatic heterocycles. The van der Waals surface area contributed by atoms with E-state index in [9.17, 15) is 4.79 Å². The van der Waals surface area contributed by atoms with Crippen LogP contribution in [0.1, 0.15) is 62.3 Å². The molecule has 0 heterocycles. The Morgan fingerprint density at radius 3 is 1.00 bits per heavy atom. The second-order valence-electron chi connectivity index (χ2n) is 7.99. The first-order valence-corrected chi connectivity index (χ1v) is 6.32. The van der Waals surface area contributed by atoms with Crippen molar-refractivity contribution in [2.45, 2.75) is 62.3 Å². The van der Waals surface area contributed by atoms with E-state index in [1.807, 2.05) is 0 Å². The zero-order chi connectivity index (χ0) is 14.3. The molecule has 0 amide bonds. The second-order valence-corrected chi connectivity index (χ2v) is 7.99. The molecule has 0 radical (unpaired) electrons. The Labute approximate surface area is 107 Å². The summed E-state index contributed by atoms with van der Waals surface area (Å²) in [5.41, 5.74) is -1.05. The normalized spacial score (nSPS) is 14.7. The first kappa shape index (κ1) is 16.5. The third-order valence-corrected chi connectivity index (χ3v) is 3.87. The summed E-state index contributed by atoms with van der Waals surface area (Å²) in [6.07, 6.45) is 0. The van der Waals surface area contributed by atoms with Crippen LogP contribution in [0.25, 0.3) is 0 Å². The fourth-order valence-corrected chi connectivity index (χ4v) is 4.45. The van der Waals surface area contributed by atoms with Crippen LogP contribution in [-0.2, 0) is 9.53 Å². The minimum absolute atomic E-state index is 0.106. The molecule has 17 heavy (non-hydrogen) atoms. The Hall–Kier alpha value is -0.530. The van der Waals surface area contributed by atoms with Gasteiger partial charge in [0.2, 0.25) is 0 Å². The van der Waals surface area contributed by atoms with E-state index in [1.54, 1.807) is 0 Å². The Bertz CT molecular complexity index is 245. The minimum Gasteiger partial charge on any atom is -0.469 e. The summed E-state index contributed by atoms with van der Waals surface area (Å²) >= 11 is 0. The zero-order valence-electron chi connectivity index (χ0n) is 13.3. The predicted molar refractivity (Wildman–Crippen MR) is 72.8 cm³/mol. The average molecular weight is 242 g/mol. The Balaban J connectivity index is 6.24. The standard InChI is InChI=1S/C15H30O2/c1-12(2,3)15(11(16)17-10,13(4,5)6)14(7,8)9/h1-10H3. The number of hydrogen-bond acceptors (Lipinski definition) is 2. The van der Waals surface area contributed by atoms with E-state index in [0.717, 1.165) is 0 Å². The van der Waals surface area contributed by atoms with E-state index in [4.69, 9.17) is 4.74 Å². The van der Waals surface area contributed by atoms with Crippen molar-refractivity contribution >= 4 is 5.97 Å². The lowest BCUT2D eigenvalue weighted by atomic mass is 9.44. The van der Waals surface area contributed by atoms with Crippen LogP contribution in [0.3, 0.4) is 0 Å². The van der Waals surface area contributed by atoms with Gasteiger partial charge in [0, 0.05) is 0 Å². The van der Waals surface area contributed by atoms with Gasteiger partial charge in [0.1, 0.15) is 0 Å². The van der Waals surface area contributed by atoms with Crippen LogP contribution in [0.15, 0.2) is 0 Å². The summed E-state index contributed by atoms with van der Waals surface area (Å²) < 4.78 is 5.16. The van der Waals surface area contributed by atoms with Crippen LogP contribution < -0.4 is 0 Å². The Morgan fingerprint density at radius 1 is 0.706 bits per heavy atom. The quantitative estimate of drug-likeness (QED) is 0.641. The van der Waals surface area contributed by atoms with Crippen LogP contribution >= 0.6 is 0 Å². The third-order valence-electron chi connectivity index (χ3n) is 3.87. The summed E-state index contributed by atoms with van der Waals surface area (Å²) in [6, 6.07) is 0. The van der Waals surface area contributed by atoms with Crippen molar-refractivity contribution in [1.82, 2.24) is 0 Å². The third kappa shape index (κ3) is 2.36. The van der Waals surface area contributed by atoms with Crippen molar-refractivity contribution < 1.29 is 9.53 Å². The SMILES string of the molecule is COC(=O)C(C(C)(C)C)(C(C)(C)C)C(C)(C)C. The van der Waals surface area contributed by atoms with Crippen molar-refractivity contribution in [2.24, 2.45) is 21.7 Å². The molecule has 0 spiro atoms. The molecule has 0 aliphatic heterocycles. The van der Waals surface area contributed by atoms with Gasteiger partial charge < -0.3 is 4.74 Å². The summed E-state index contributed by atoms with van der Waals surface area (Å²) in [5, 5.41) is 0. The molecule has 0 aliphatic rings. The summed E-state index contributed by atoms with van der Waals surface area (Å²) in [7, 11) is 1.49. The van der Waals surface area contributed by atoms with Gasteiger partial charge >= 0.3 is 5.97 Å². The first-order chi connectivity index (χ1) is 7.23. The van der Waals surface area contributed by atoms with Crippen molar-refractivity contribution in [3.8, 4) is 0 Å². The van der Waals surface area contributed by atoms with E-state index in [-0.39, 0.29) is 22.2 Å². The smallest absolute Gasteiger partial charge is 0.313 e. The zero-order valence-corrected chi connectivity index (χ0v) is 13.3. The first-order valence-electron chi connectivity index (χ1n) is 6.32. The number of rotatable bonds is 1.